The third kappa shape index (κ3) is 4.63. The number of rotatable bonds is 8. The zero-order valence-electron chi connectivity index (χ0n) is 15.3. The molecular weight excluding hydrogens is 356 g/mol. The number of carbonyl (C=O) groups excluding carboxylic acids is 1. The van der Waals surface area contributed by atoms with Crippen LogP contribution in [0.2, 0.25) is 0 Å². The Morgan fingerprint density at radius 3 is 2.48 bits per heavy atom. The average Bonchev–Trinajstić information content (AvgIpc) is 3.31. The van der Waals surface area contributed by atoms with Crippen LogP contribution in [0.3, 0.4) is 0 Å². The molecule has 27 heavy (non-hydrogen) atoms. The van der Waals surface area contributed by atoms with Crippen LogP contribution in [-0.4, -0.2) is 66.2 Å². The molecule has 1 aromatic rings. The van der Waals surface area contributed by atoms with Gasteiger partial charge >= 0.3 is 6.61 Å². The second-order valence-electron chi connectivity index (χ2n) is 7.35. The topological polar surface area (TPSA) is 79.0 Å². The van der Waals surface area contributed by atoms with E-state index in [4.69, 9.17) is 10.5 Å². The number of primary amides is 1. The summed E-state index contributed by atoms with van der Waals surface area (Å²) in [6.07, 6.45) is 2.62. The van der Waals surface area contributed by atoms with Crippen molar-refractivity contribution in [1.82, 2.24) is 9.80 Å². The number of carbonyl (C=O) groups is 1. The molecule has 3 rings (SSSR count). The van der Waals surface area contributed by atoms with Crippen molar-refractivity contribution in [3.8, 4) is 0 Å². The number of alkyl halides is 2. The van der Waals surface area contributed by atoms with Crippen molar-refractivity contribution >= 4 is 5.91 Å². The molecule has 0 bridgehead atoms. The van der Waals surface area contributed by atoms with Crippen molar-refractivity contribution in [3.63, 3.8) is 0 Å². The summed E-state index contributed by atoms with van der Waals surface area (Å²) in [6, 6.07) is 7.54. The predicted octanol–water partition coefficient (Wildman–Crippen LogP) is 1.34. The van der Waals surface area contributed by atoms with Gasteiger partial charge in [0, 0.05) is 18.7 Å². The first-order valence-electron chi connectivity index (χ1n) is 9.39. The number of likely N-dealkylation sites (tertiary alicyclic amines) is 2. The van der Waals surface area contributed by atoms with E-state index in [2.05, 4.69) is 4.90 Å². The largest absolute Gasteiger partial charge is 0.369 e. The maximum atomic E-state index is 13.3. The third-order valence-electron chi connectivity index (χ3n) is 5.60. The van der Waals surface area contributed by atoms with Crippen LogP contribution in [0.25, 0.3) is 0 Å². The van der Waals surface area contributed by atoms with E-state index in [1.165, 1.54) is 0 Å². The number of halogens is 2. The molecule has 0 aromatic heterocycles. The Hall–Kier alpha value is -1.61. The summed E-state index contributed by atoms with van der Waals surface area (Å²) in [4.78, 5) is 15.6. The van der Waals surface area contributed by atoms with Gasteiger partial charge in [0.15, 0.2) is 0 Å². The molecule has 3 unspecified atom stereocenters. The molecular formula is C19H27F2N3O3. The van der Waals surface area contributed by atoms with Gasteiger partial charge in [0.2, 0.25) is 11.7 Å². The summed E-state index contributed by atoms with van der Waals surface area (Å²) >= 11 is 0. The molecule has 150 valence electrons. The number of hydrogen-bond donors (Lipinski definition) is 2. The summed E-state index contributed by atoms with van der Waals surface area (Å²) in [5.74, 6) is -2.95. The van der Waals surface area contributed by atoms with Crippen LogP contribution in [-0.2, 0) is 15.3 Å². The highest BCUT2D eigenvalue weighted by atomic mass is 19.3. The molecule has 6 nitrogen and oxygen atoms in total. The Morgan fingerprint density at radius 1 is 1.26 bits per heavy atom. The maximum absolute atomic E-state index is 13.3. The molecule has 0 radical (unpaired) electrons. The molecule has 3 N–H and O–H groups in total. The first-order valence-corrected chi connectivity index (χ1v) is 9.39. The normalized spacial score (nSPS) is 25.0. The fourth-order valence-electron chi connectivity index (χ4n) is 4.15. The fourth-order valence-corrected chi connectivity index (χ4v) is 4.15. The molecule has 1 amide bonds. The van der Waals surface area contributed by atoms with Crippen molar-refractivity contribution in [2.24, 2.45) is 11.7 Å². The molecule has 0 saturated carbocycles. The highest BCUT2D eigenvalue weighted by Crippen LogP contribution is 2.35. The van der Waals surface area contributed by atoms with Crippen molar-refractivity contribution in [3.05, 3.63) is 35.9 Å². The van der Waals surface area contributed by atoms with Gasteiger partial charge in [-0.2, -0.15) is 8.78 Å². The number of aliphatic hydroxyl groups is 1. The Balaban J connectivity index is 1.93. The van der Waals surface area contributed by atoms with Crippen LogP contribution in [0.1, 0.15) is 24.8 Å². The lowest BCUT2D eigenvalue weighted by Gasteiger charge is -2.42. The summed E-state index contributed by atoms with van der Waals surface area (Å²) < 4.78 is 31.4. The number of benzene rings is 1. The van der Waals surface area contributed by atoms with Gasteiger partial charge in [0.05, 0.1) is 12.0 Å². The molecule has 0 spiro atoms. The zero-order chi connectivity index (χ0) is 19.4. The molecule has 2 heterocycles. The summed E-state index contributed by atoms with van der Waals surface area (Å²) in [5, 5.41) is 11.4. The summed E-state index contributed by atoms with van der Waals surface area (Å²) in [7, 11) is 0. The van der Waals surface area contributed by atoms with E-state index in [1.54, 1.807) is 30.3 Å². The Kier molecular flexibility index (Phi) is 6.41. The lowest BCUT2D eigenvalue weighted by atomic mass is 9.95. The maximum Gasteiger partial charge on any atom is 0.348 e. The Labute approximate surface area is 157 Å². The molecule has 3 atom stereocenters. The monoisotopic (exact) mass is 383 g/mol. The SMILES string of the molecule is NC(=O)C1CCN(C(CN2CCCC2)C(O)(OC(F)F)c2ccccc2)C1. The van der Waals surface area contributed by atoms with Gasteiger partial charge in [0.1, 0.15) is 0 Å². The number of hydrogen-bond acceptors (Lipinski definition) is 5. The van der Waals surface area contributed by atoms with Crippen LogP contribution in [0.4, 0.5) is 8.78 Å². The van der Waals surface area contributed by atoms with Gasteiger partial charge in [-0.3, -0.25) is 14.4 Å². The summed E-state index contributed by atoms with van der Waals surface area (Å²) in [5.41, 5.74) is 5.71. The fraction of sp³-hybridized carbons (Fsp3) is 0.632. The van der Waals surface area contributed by atoms with Crippen LogP contribution in [0.15, 0.2) is 30.3 Å². The van der Waals surface area contributed by atoms with Gasteiger partial charge in [-0.05, 0) is 38.9 Å². The van der Waals surface area contributed by atoms with Crippen LogP contribution in [0, 0.1) is 5.92 Å². The number of nitrogens with zero attached hydrogens (tertiary/aromatic N) is 2. The minimum atomic E-state index is -3.13. The quantitative estimate of drug-likeness (QED) is 0.663. The molecule has 8 heteroatoms. The number of ether oxygens (including phenoxy) is 1. The van der Waals surface area contributed by atoms with Crippen LogP contribution >= 0.6 is 0 Å². The third-order valence-corrected chi connectivity index (χ3v) is 5.60. The van der Waals surface area contributed by atoms with Gasteiger partial charge in [-0.1, -0.05) is 30.3 Å². The van der Waals surface area contributed by atoms with Crippen LogP contribution < -0.4 is 5.73 Å². The molecule has 2 saturated heterocycles. The zero-order valence-corrected chi connectivity index (χ0v) is 15.3. The van der Waals surface area contributed by atoms with Crippen LogP contribution in [0.5, 0.6) is 0 Å². The second kappa shape index (κ2) is 8.60. The van der Waals surface area contributed by atoms with Crippen molar-refractivity contribution < 1.29 is 23.4 Å². The summed E-state index contributed by atoms with van der Waals surface area (Å²) in [6.45, 7) is -0.231. The molecule has 0 aliphatic carbocycles. The van der Waals surface area contributed by atoms with E-state index in [0.29, 0.717) is 26.1 Å². The van der Waals surface area contributed by atoms with E-state index in [1.807, 2.05) is 4.90 Å². The van der Waals surface area contributed by atoms with Gasteiger partial charge in [-0.25, -0.2) is 0 Å². The predicted molar refractivity (Wildman–Crippen MR) is 95.8 cm³/mol. The lowest BCUT2D eigenvalue weighted by molar-refractivity contribution is -0.325. The van der Waals surface area contributed by atoms with E-state index >= 15 is 0 Å². The van der Waals surface area contributed by atoms with E-state index < -0.39 is 24.3 Å². The smallest absolute Gasteiger partial charge is 0.348 e. The van der Waals surface area contributed by atoms with E-state index in [-0.39, 0.29) is 11.5 Å². The number of amides is 1. The van der Waals surface area contributed by atoms with Crippen molar-refractivity contribution in [1.29, 1.82) is 0 Å². The molecule has 2 aliphatic rings. The molecule has 2 fully saturated rings. The minimum absolute atomic E-state index is 0.275. The standard InChI is InChI=1S/C19H27F2N3O3/c20-18(21)27-19(26,15-6-2-1-3-7-15)16(13-23-9-4-5-10-23)24-11-8-14(12-24)17(22)25/h1-3,6-7,14,16,18,26H,4-5,8-13H2,(H2,22,25). The van der Waals surface area contributed by atoms with Gasteiger partial charge in [-0.15, -0.1) is 0 Å². The molecule has 2 aliphatic heterocycles. The lowest BCUT2D eigenvalue weighted by Crippen LogP contribution is -2.57. The highest BCUT2D eigenvalue weighted by Gasteiger charge is 2.48. The van der Waals surface area contributed by atoms with Crippen molar-refractivity contribution in [2.75, 3.05) is 32.7 Å². The first-order chi connectivity index (χ1) is 12.9. The average molecular weight is 383 g/mol. The molecule has 1 aromatic carbocycles. The van der Waals surface area contributed by atoms with E-state index in [9.17, 15) is 18.7 Å². The van der Waals surface area contributed by atoms with Gasteiger partial charge in [0.25, 0.3) is 0 Å². The minimum Gasteiger partial charge on any atom is -0.369 e. The second-order valence-corrected chi connectivity index (χ2v) is 7.35. The number of nitrogens with two attached hydrogens (primary N) is 1. The van der Waals surface area contributed by atoms with Crippen molar-refractivity contribution in [2.45, 2.75) is 37.7 Å². The van der Waals surface area contributed by atoms with Gasteiger partial charge < -0.3 is 15.7 Å². The Bertz CT molecular complexity index is 628. The first kappa shape index (κ1) is 20.1. The van der Waals surface area contributed by atoms with E-state index in [0.717, 1.165) is 25.9 Å². The highest BCUT2D eigenvalue weighted by molar-refractivity contribution is 5.77. The Morgan fingerprint density at radius 2 is 1.93 bits per heavy atom.